The summed E-state index contributed by atoms with van der Waals surface area (Å²) < 4.78 is 0. The summed E-state index contributed by atoms with van der Waals surface area (Å²) >= 11 is 0. The second-order valence-corrected chi connectivity index (χ2v) is 6.66. The standard InChI is InChI=1S/C15H24O4/c1-7(2)9-5-10(16)8(3)12-11(17)6-15(4,19)14(18)13(9)12/h7,9,11,13-14,17-19H,5-6H2,1-4H3/t9-,11-,13-,14+,15+/m0/s1. The van der Waals surface area contributed by atoms with E-state index in [9.17, 15) is 20.1 Å². The largest absolute Gasteiger partial charge is 0.389 e. The van der Waals surface area contributed by atoms with Crippen molar-refractivity contribution >= 4 is 5.78 Å². The second-order valence-electron chi connectivity index (χ2n) is 6.66. The fourth-order valence-electron chi connectivity index (χ4n) is 3.67. The third kappa shape index (κ3) is 2.26. The smallest absolute Gasteiger partial charge is 0.158 e. The average Bonchev–Trinajstić information content (AvgIpc) is 2.28. The van der Waals surface area contributed by atoms with Gasteiger partial charge in [0.05, 0.1) is 17.8 Å². The average molecular weight is 268 g/mol. The number of hydrogen-bond acceptors (Lipinski definition) is 4. The van der Waals surface area contributed by atoms with Crippen LogP contribution in [0.2, 0.25) is 0 Å². The van der Waals surface area contributed by atoms with Crippen LogP contribution in [0, 0.1) is 17.8 Å². The molecule has 0 heterocycles. The maximum atomic E-state index is 12.1. The number of fused-ring (bicyclic) bond motifs is 1. The van der Waals surface area contributed by atoms with Gasteiger partial charge in [-0.2, -0.15) is 0 Å². The van der Waals surface area contributed by atoms with Gasteiger partial charge in [0.1, 0.15) is 0 Å². The molecule has 0 saturated heterocycles. The number of hydrogen-bond donors (Lipinski definition) is 3. The maximum absolute atomic E-state index is 12.1. The minimum atomic E-state index is -1.30. The molecular formula is C15H24O4. The van der Waals surface area contributed by atoms with E-state index in [-0.39, 0.29) is 30.0 Å². The van der Waals surface area contributed by atoms with E-state index in [1.807, 2.05) is 13.8 Å². The van der Waals surface area contributed by atoms with Crippen molar-refractivity contribution in [2.75, 3.05) is 0 Å². The molecule has 0 amide bonds. The summed E-state index contributed by atoms with van der Waals surface area (Å²) in [7, 11) is 0. The third-order valence-electron chi connectivity index (χ3n) is 4.89. The molecule has 19 heavy (non-hydrogen) atoms. The summed E-state index contributed by atoms with van der Waals surface area (Å²) in [5.74, 6) is -0.0791. The Labute approximate surface area is 114 Å². The van der Waals surface area contributed by atoms with Gasteiger partial charge in [0.25, 0.3) is 0 Å². The number of carbonyl (C=O) groups is 1. The van der Waals surface area contributed by atoms with E-state index in [0.29, 0.717) is 17.6 Å². The summed E-state index contributed by atoms with van der Waals surface area (Å²) in [5, 5.41) is 31.0. The molecule has 1 saturated carbocycles. The molecule has 2 aliphatic carbocycles. The van der Waals surface area contributed by atoms with Crippen LogP contribution in [0.5, 0.6) is 0 Å². The number of carbonyl (C=O) groups excluding carboxylic acids is 1. The third-order valence-corrected chi connectivity index (χ3v) is 4.89. The zero-order chi connectivity index (χ0) is 14.5. The van der Waals surface area contributed by atoms with Crippen molar-refractivity contribution < 1.29 is 20.1 Å². The van der Waals surface area contributed by atoms with Crippen molar-refractivity contribution in [3.8, 4) is 0 Å². The molecule has 0 aromatic carbocycles. The Morgan fingerprint density at radius 1 is 1.32 bits per heavy atom. The van der Waals surface area contributed by atoms with E-state index in [4.69, 9.17) is 0 Å². The highest BCUT2D eigenvalue weighted by molar-refractivity contribution is 5.97. The molecule has 0 spiro atoms. The molecule has 0 aromatic heterocycles. The van der Waals surface area contributed by atoms with Crippen LogP contribution in [0.25, 0.3) is 0 Å². The molecule has 5 atom stereocenters. The van der Waals surface area contributed by atoms with Crippen molar-refractivity contribution in [2.24, 2.45) is 17.8 Å². The lowest BCUT2D eigenvalue weighted by atomic mass is 9.59. The van der Waals surface area contributed by atoms with Gasteiger partial charge < -0.3 is 15.3 Å². The highest BCUT2D eigenvalue weighted by Crippen LogP contribution is 2.47. The van der Waals surface area contributed by atoms with E-state index in [1.54, 1.807) is 13.8 Å². The van der Waals surface area contributed by atoms with E-state index in [1.165, 1.54) is 0 Å². The summed E-state index contributed by atoms with van der Waals surface area (Å²) in [6, 6.07) is 0. The fraction of sp³-hybridized carbons (Fsp3) is 0.800. The van der Waals surface area contributed by atoms with Crippen LogP contribution >= 0.6 is 0 Å². The van der Waals surface area contributed by atoms with Gasteiger partial charge in [0.15, 0.2) is 5.78 Å². The van der Waals surface area contributed by atoms with Crippen molar-refractivity contribution in [3.05, 3.63) is 11.1 Å². The van der Waals surface area contributed by atoms with E-state index < -0.39 is 17.8 Å². The predicted molar refractivity (Wildman–Crippen MR) is 71.4 cm³/mol. The number of aliphatic hydroxyl groups is 3. The zero-order valence-corrected chi connectivity index (χ0v) is 12.1. The Morgan fingerprint density at radius 2 is 1.89 bits per heavy atom. The van der Waals surface area contributed by atoms with Crippen molar-refractivity contribution in [1.82, 2.24) is 0 Å². The van der Waals surface area contributed by atoms with Crippen LogP contribution in [-0.4, -0.2) is 38.9 Å². The number of aliphatic hydroxyl groups excluding tert-OH is 2. The monoisotopic (exact) mass is 268 g/mol. The maximum Gasteiger partial charge on any atom is 0.158 e. The Kier molecular flexibility index (Phi) is 3.62. The Morgan fingerprint density at radius 3 is 2.42 bits per heavy atom. The van der Waals surface area contributed by atoms with Gasteiger partial charge in [-0.05, 0) is 36.8 Å². The highest BCUT2D eigenvalue weighted by Gasteiger charge is 2.52. The normalized spacial score (nSPS) is 43.7. The summed E-state index contributed by atoms with van der Waals surface area (Å²) in [4.78, 5) is 12.1. The lowest BCUT2D eigenvalue weighted by Gasteiger charge is -2.49. The molecule has 0 radical (unpaired) electrons. The number of rotatable bonds is 1. The SMILES string of the molecule is CC1=C2[C@@H]([C@@H](O)[C@](C)(O)C[C@@H]2O)[C@H](C(C)C)CC1=O. The second kappa shape index (κ2) is 4.69. The molecule has 4 heteroatoms. The lowest BCUT2D eigenvalue weighted by molar-refractivity contribution is -0.144. The molecular weight excluding hydrogens is 244 g/mol. The van der Waals surface area contributed by atoms with E-state index in [2.05, 4.69) is 0 Å². The van der Waals surface area contributed by atoms with Gasteiger partial charge in [-0.3, -0.25) is 4.79 Å². The molecule has 0 bridgehead atoms. The van der Waals surface area contributed by atoms with Crippen molar-refractivity contribution in [2.45, 2.75) is 58.3 Å². The molecule has 2 aliphatic rings. The summed E-state index contributed by atoms with van der Waals surface area (Å²) in [6.07, 6.45) is -1.30. The fourth-order valence-corrected chi connectivity index (χ4v) is 3.67. The van der Waals surface area contributed by atoms with Crippen LogP contribution in [-0.2, 0) is 4.79 Å². The molecule has 2 rings (SSSR count). The van der Waals surface area contributed by atoms with Gasteiger partial charge in [-0.25, -0.2) is 0 Å². The summed E-state index contributed by atoms with van der Waals surface area (Å²) in [5.41, 5.74) is -0.0839. The first-order valence-electron chi connectivity index (χ1n) is 6.99. The van der Waals surface area contributed by atoms with Crippen LogP contribution in [0.1, 0.15) is 40.5 Å². The van der Waals surface area contributed by atoms with Crippen molar-refractivity contribution in [1.29, 1.82) is 0 Å². The van der Waals surface area contributed by atoms with Gasteiger partial charge >= 0.3 is 0 Å². The number of Topliss-reactive ketones (excluding diaryl/α,β-unsaturated/α-hetero) is 1. The van der Waals surface area contributed by atoms with Crippen molar-refractivity contribution in [3.63, 3.8) is 0 Å². The Bertz CT molecular complexity index is 422. The lowest BCUT2D eigenvalue weighted by Crippen LogP contribution is -2.57. The Hall–Kier alpha value is -0.710. The quantitative estimate of drug-likeness (QED) is 0.664. The first-order valence-corrected chi connectivity index (χ1v) is 6.99. The topological polar surface area (TPSA) is 77.8 Å². The van der Waals surface area contributed by atoms with Crippen LogP contribution in [0.4, 0.5) is 0 Å². The first-order chi connectivity index (χ1) is 8.66. The number of allylic oxidation sites excluding steroid dienone is 1. The van der Waals surface area contributed by atoms with Crippen LogP contribution < -0.4 is 0 Å². The predicted octanol–water partition coefficient (Wildman–Crippen LogP) is 1.04. The first kappa shape index (κ1) is 14.7. The minimum absolute atomic E-state index is 0.0253. The summed E-state index contributed by atoms with van der Waals surface area (Å²) in [6.45, 7) is 7.30. The van der Waals surface area contributed by atoms with E-state index in [0.717, 1.165) is 0 Å². The van der Waals surface area contributed by atoms with Gasteiger partial charge in [0.2, 0.25) is 0 Å². The molecule has 0 aromatic rings. The highest BCUT2D eigenvalue weighted by atomic mass is 16.3. The number of ketones is 1. The molecule has 4 nitrogen and oxygen atoms in total. The Balaban J connectivity index is 2.53. The molecule has 1 fully saturated rings. The van der Waals surface area contributed by atoms with E-state index >= 15 is 0 Å². The van der Waals surface area contributed by atoms with Gasteiger partial charge in [-0.15, -0.1) is 0 Å². The minimum Gasteiger partial charge on any atom is -0.389 e. The van der Waals surface area contributed by atoms with Gasteiger partial charge in [0, 0.05) is 18.8 Å². The molecule has 3 N–H and O–H groups in total. The van der Waals surface area contributed by atoms with Crippen LogP contribution in [0.15, 0.2) is 11.1 Å². The van der Waals surface area contributed by atoms with Gasteiger partial charge in [-0.1, -0.05) is 13.8 Å². The zero-order valence-electron chi connectivity index (χ0n) is 12.1. The molecule has 108 valence electrons. The van der Waals surface area contributed by atoms with Crippen LogP contribution in [0.3, 0.4) is 0 Å². The molecule has 0 unspecified atom stereocenters. The molecule has 0 aliphatic heterocycles.